The van der Waals surface area contributed by atoms with E-state index >= 15 is 0 Å². The molecule has 0 spiro atoms. The van der Waals surface area contributed by atoms with Gasteiger partial charge in [-0.2, -0.15) is 0 Å². The summed E-state index contributed by atoms with van der Waals surface area (Å²) >= 11 is 0. The first-order valence-electron chi connectivity index (χ1n) is 7.55. The highest BCUT2D eigenvalue weighted by atomic mass is 15.0. The SMILES string of the molecule is CC(C)(N)CCNc1nc2cc(N)ccc2c2ccccc12. The lowest BCUT2D eigenvalue weighted by molar-refractivity contribution is 0.490. The summed E-state index contributed by atoms with van der Waals surface area (Å²) in [5.41, 5.74) is 13.4. The van der Waals surface area contributed by atoms with Gasteiger partial charge < -0.3 is 16.8 Å². The molecule has 2 aromatic carbocycles. The Labute approximate surface area is 130 Å². The van der Waals surface area contributed by atoms with Gasteiger partial charge in [-0.1, -0.05) is 30.3 Å². The molecule has 0 fully saturated rings. The zero-order valence-corrected chi connectivity index (χ0v) is 13.1. The molecule has 0 unspecified atom stereocenters. The normalized spacial score (nSPS) is 12.0. The molecule has 0 saturated heterocycles. The Bertz CT molecular complexity index is 818. The van der Waals surface area contributed by atoms with Gasteiger partial charge >= 0.3 is 0 Å². The third-order valence-corrected chi connectivity index (χ3v) is 3.79. The molecule has 22 heavy (non-hydrogen) atoms. The second-order valence-corrected chi connectivity index (χ2v) is 6.45. The number of rotatable bonds is 4. The molecule has 1 aromatic heterocycles. The molecule has 1 heterocycles. The molecule has 3 aromatic rings. The van der Waals surface area contributed by atoms with Crippen molar-refractivity contribution in [3.8, 4) is 0 Å². The highest BCUT2D eigenvalue weighted by Gasteiger charge is 2.12. The second kappa shape index (κ2) is 5.46. The number of nitrogen functional groups attached to an aromatic ring is 1. The predicted molar refractivity (Wildman–Crippen MR) is 95.0 cm³/mol. The number of hydrogen-bond acceptors (Lipinski definition) is 4. The van der Waals surface area contributed by atoms with Crippen LogP contribution in [0.1, 0.15) is 20.3 Å². The third kappa shape index (κ3) is 2.97. The van der Waals surface area contributed by atoms with Crippen molar-refractivity contribution in [1.29, 1.82) is 0 Å². The summed E-state index contributed by atoms with van der Waals surface area (Å²) in [6.07, 6.45) is 0.873. The van der Waals surface area contributed by atoms with E-state index < -0.39 is 0 Å². The maximum atomic E-state index is 6.05. The van der Waals surface area contributed by atoms with E-state index in [0.29, 0.717) is 0 Å². The number of aromatic nitrogens is 1. The molecular weight excluding hydrogens is 272 g/mol. The molecule has 0 amide bonds. The number of benzene rings is 2. The first-order valence-corrected chi connectivity index (χ1v) is 7.55. The van der Waals surface area contributed by atoms with Crippen LogP contribution in [-0.4, -0.2) is 17.1 Å². The molecule has 0 saturated carbocycles. The summed E-state index contributed by atoms with van der Waals surface area (Å²) in [6, 6.07) is 14.2. The molecule has 4 nitrogen and oxygen atoms in total. The Hall–Kier alpha value is -2.33. The fourth-order valence-corrected chi connectivity index (χ4v) is 2.61. The van der Waals surface area contributed by atoms with E-state index in [-0.39, 0.29) is 5.54 Å². The molecule has 0 bridgehead atoms. The van der Waals surface area contributed by atoms with Crippen LogP contribution in [-0.2, 0) is 0 Å². The zero-order chi connectivity index (χ0) is 15.7. The van der Waals surface area contributed by atoms with E-state index in [1.165, 1.54) is 5.39 Å². The largest absolute Gasteiger partial charge is 0.399 e. The van der Waals surface area contributed by atoms with Crippen molar-refractivity contribution in [3.63, 3.8) is 0 Å². The second-order valence-electron chi connectivity index (χ2n) is 6.45. The van der Waals surface area contributed by atoms with Gasteiger partial charge in [0.25, 0.3) is 0 Å². The topological polar surface area (TPSA) is 77.0 Å². The lowest BCUT2D eigenvalue weighted by Gasteiger charge is -2.19. The Balaban J connectivity index is 2.07. The molecule has 0 atom stereocenters. The maximum absolute atomic E-state index is 6.05. The molecule has 0 aliphatic rings. The van der Waals surface area contributed by atoms with Crippen LogP contribution in [0.25, 0.3) is 21.7 Å². The van der Waals surface area contributed by atoms with Crippen molar-refractivity contribution in [2.45, 2.75) is 25.8 Å². The summed E-state index contributed by atoms with van der Waals surface area (Å²) in [5.74, 6) is 0.887. The van der Waals surface area contributed by atoms with Crippen molar-refractivity contribution < 1.29 is 0 Å². The minimum absolute atomic E-state index is 0.190. The van der Waals surface area contributed by atoms with Crippen LogP contribution in [0.15, 0.2) is 42.5 Å². The van der Waals surface area contributed by atoms with Crippen molar-refractivity contribution in [1.82, 2.24) is 4.98 Å². The monoisotopic (exact) mass is 294 g/mol. The van der Waals surface area contributed by atoms with Gasteiger partial charge in [0.15, 0.2) is 0 Å². The average Bonchev–Trinajstić information content (AvgIpc) is 2.45. The minimum atomic E-state index is -0.190. The van der Waals surface area contributed by atoms with Gasteiger partial charge in [-0.15, -0.1) is 0 Å². The summed E-state index contributed by atoms with van der Waals surface area (Å²) in [7, 11) is 0. The summed E-state index contributed by atoms with van der Waals surface area (Å²) in [4.78, 5) is 4.75. The lowest BCUT2D eigenvalue weighted by Crippen LogP contribution is -2.34. The number of fused-ring (bicyclic) bond motifs is 3. The molecular formula is C18H22N4. The predicted octanol–water partition coefficient (Wildman–Crippen LogP) is 3.51. The molecule has 4 heteroatoms. The summed E-state index contributed by atoms with van der Waals surface area (Å²) < 4.78 is 0. The van der Waals surface area contributed by atoms with Crippen molar-refractivity contribution in [2.24, 2.45) is 5.73 Å². The minimum Gasteiger partial charge on any atom is -0.399 e. The van der Waals surface area contributed by atoms with Crippen LogP contribution in [0.4, 0.5) is 11.5 Å². The first kappa shape index (κ1) is 14.6. The van der Waals surface area contributed by atoms with Gasteiger partial charge in [-0.25, -0.2) is 4.98 Å². The van der Waals surface area contributed by atoms with Crippen LogP contribution in [0.2, 0.25) is 0 Å². The van der Waals surface area contributed by atoms with E-state index in [1.807, 2.05) is 44.2 Å². The fourth-order valence-electron chi connectivity index (χ4n) is 2.61. The van der Waals surface area contributed by atoms with Gasteiger partial charge in [0.2, 0.25) is 0 Å². The van der Waals surface area contributed by atoms with Crippen molar-refractivity contribution in [3.05, 3.63) is 42.5 Å². The lowest BCUT2D eigenvalue weighted by atomic mass is 10.0. The smallest absolute Gasteiger partial charge is 0.134 e. The number of pyridine rings is 1. The number of nitrogens with zero attached hydrogens (tertiary/aromatic N) is 1. The molecule has 0 aliphatic carbocycles. The molecule has 0 radical (unpaired) electrons. The third-order valence-electron chi connectivity index (χ3n) is 3.79. The van der Waals surface area contributed by atoms with Gasteiger partial charge in [-0.05, 0) is 37.8 Å². The van der Waals surface area contributed by atoms with Gasteiger partial charge in [0, 0.05) is 28.5 Å². The van der Waals surface area contributed by atoms with Crippen LogP contribution in [0.3, 0.4) is 0 Å². The van der Waals surface area contributed by atoms with E-state index in [0.717, 1.165) is 40.8 Å². The molecule has 5 N–H and O–H groups in total. The van der Waals surface area contributed by atoms with Gasteiger partial charge in [-0.3, -0.25) is 0 Å². The highest BCUT2D eigenvalue weighted by Crippen LogP contribution is 2.30. The number of nitrogens with two attached hydrogens (primary N) is 2. The van der Waals surface area contributed by atoms with E-state index in [2.05, 4.69) is 17.4 Å². The first-order chi connectivity index (χ1) is 10.4. The van der Waals surface area contributed by atoms with Crippen molar-refractivity contribution >= 4 is 33.2 Å². The Morgan fingerprint density at radius 3 is 2.50 bits per heavy atom. The molecule has 114 valence electrons. The standard InChI is InChI=1S/C18H22N4/c1-18(2,20)9-10-21-17-15-6-4-3-5-13(15)14-8-7-12(19)11-16(14)22-17/h3-8,11H,9-10,19-20H2,1-2H3,(H,21,22). The van der Waals surface area contributed by atoms with Gasteiger partial charge in [0.1, 0.15) is 5.82 Å². The van der Waals surface area contributed by atoms with Crippen LogP contribution >= 0.6 is 0 Å². The van der Waals surface area contributed by atoms with E-state index in [4.69, 9.17) is 16.5 Å². The molecule has 0 aliphatic heterocycles. The summed E-state index contributed by atoms with van der Waals surface area (Å²) in [6.45, 7) is 4.84. The number of nitrogens with one attached hydrogen (secondary N) is 1. The fraction of sp³-hybridized carbons (Fsp3) is 0.278. The van der Waals surface area contributed by atoms with E-state index in [1.54, 1.807) is 0 Å². The number of hydrogen-bond donors (Lipinski definition) is 3. The highest BCUT2D eigenvalue weighted by molar-refractivity contribution is 6.10. The number of anilines is 2. The van der Waals surface area contributed by atoms with Crippen LogP contribution in [0.5, 0.6) is 0 Å². The zero-order valence-electron chi connectivity index (χ0n) is 13.1. The quantitative estimate of drug-likeness (QED) is 0.508. The Kier molecular flexibility index (Phi) is 3.62. The maximum Gasteiger partial charge on any atom is 0.134 e. The average molecular weight is 294 g/mol. The van der Waals surface area contributed by atoms with Crippen LogP contribution < -0.4 is 16.8 Å². The van der Waals surface area contributed by atoms with E-state index in [9.17, 15) is 0 Å². The van der Waals surface area contributed by atoms with Crippen LogP contribution in [0, 0.1) is 0 Å². The Morgan fingerprint density at radius 1 is 1.05 bits per heavy atom. The Morgan fingerprint density at radius 2 is 1.77 bits per heavy atom. The molecule has 3 rings (SSSR count). The summed E-state index contributed by atoms with van der Waals surface area (Å²) in [5, 5.41) is 6.85. The van der Waals surface area contributed by atoms with Gasteiger partial charge in [0.05, 0.1) is 5.52 Å². The van der Waals surface area contributed by atoms with Crippen molar-refractivity contribution in [2.75, 3.05) is 17.6 Å².